The van der Waals surface area contributed by atoms with Crippen LogP contribution in [0.1, 0.15) is 50.8 Å². The van der Waals surface area contributed by atoms with Gasteiger partial charge >= 0.3 is 0 Å². The van der Waals surface area contributed by atoms with Gasteiger partial charge < -0.3 is 0 Å². The zero-order valence-electron chi connectivity index (χ0n) is 10.4. The van der Waals surface area contributed by atoms with Crippen LogP contribution >= 0.6 is 0 Å². The standard InChI is InChI=1S/C14H21NO/c1-14(2,3)16-15-13-10-6-8-11-7-4-5-9-12(11)13/h4-5,7,9,13,15H,6,8,10H2,1-3H3. The molecule has 2 nitrogen and oxygen atoms in total. The van der Waals surface area contributed by atoms with Crippen LogP contribution < -0.4 is 5.48 Å². The van der Waals surface area contributed by atoms with E-state index in [1.54, 1.807) is 0 Å². The lowest BCUT2D eigenvalue weighted by atomic mass is 9.88. The van der Waals surface area contributed by atoms with Crippen molar-refractivity contribution in [1.29, 1.82) is 0 Å². The summed E-state index contributed by atoms with van der Waals surface area (Å²) in [6.45, 7) is 6.19. The quantitative estimate of drug-likeness (QED) is 0.770. The Kier molecular flexibility index (Phi) is 3.31. The van der Waals surface area contributed by atoms with Crippen molar-refractivity contribution >= 4 is 0 Å². The fourth-order valence-electron chi connectivity index (χ4n) is 2.12. The van der Waals surface area contributed by atoms with E-state index in [1.807, 2.05) is 0 Å². The van der Waals surface area contributed by atoms with Gasteiger partial charge in [0.25, 0.3) is 0 Å². The van der Waals surface area contributed by atoms with Gasteiger partial charge in [-0.3, -0.25) is 4.84 Å². The monoisotopic (exact) mass is 219 g/mol. The summed E-state index contributed by atoms with van der Waals surface area (Å²) < 4.78 is 0. The molecule has 0 radical (unpaired) electrons. The summed E-state index contributed by atoms with van der Waals surface area (Å²) in [5.41, 5.74) is 5.95. The second-order valence-corrected chi connectivity index (χ2v) is 5.48. The lowest BCUT2D eigenvalue weighted by molar-refractivity contribution is -0.0911. The van der Waals surface area contributed by atoms with Crippen LogP contribution in [-0.2, 0) is 11.3 Å². The van der Waals surface area contributed by atoms with Gasteiger partial charge in [0.15, 0.2) is 0 Å². The van der Waals surface area contributed by atoms with Crippen molar-refractivity contribution in [3.8, 4) is 0 Å². The molecular weight excluding hydrogens is 198 g/mol. The molecule has 0 heterocycles. The summed E-state index contributed by atoms with van der Waals surface area (Å²) in [7, 11) is 0. The third kappa shape index (κ3) is 2.83. The first kappa shape index (κ1) is 11.6. The van der Waals surface area contributed by atoms with Crippen LogP contribution in [0.3, 0.4) is 0 Å². The predicted molar refractivity (Wildman–Crippen MR) is 66.1 cm³/mol. The van der Waals surface area contributed by atoms with Gasteiger partial charge in [0.1, 0.15) is 0 Å². The highest BCUT2D eigenvalue weighted by Gasteiger charge is 2.21. The Labute approximate surface area is 98.0 Å². The molecule has 1 aliphatic rings. The number of rotatable bonds is 2. The van der Waals surface area contributed by atoms with Crippen LogP contribution in [0.5, 0.6) is 0 Å². The molecule has 1 aromatic carbocycles. The molecule has 0 saturated carbocycles. The molecule has 2 rings (SSSR count). The molecule has 1 unspecified atom stereocenters. The third-order valence-electron chi connectivity index (χ3n) is 2.88. The number of fused-ring (bicyclic) bond motifs is 1. The Hall–Kier alpha value is -0.860. The van der Waals surface area contributed by atoms with Gasteiger partial charge in [-0.05, 0) is 51.2 Å². The minimum atomic E-state index is -0.133. The highest BCUT2D eigenvalue weighted by molar-refractivity contribution is 5.31. The average Bonchev–Trinajstić information content (AvgIpc) is 2.25. The van der Waals surface area contributed by atoms with Gasteiger partial charge in [0.05, 0.1) is 11.6 Å². The van der Waals surface area contributed by atoms with E-state index in [9.17, 15) is 0 Å². The normalized spacial score (nSPS) is 20.6. The van der Waals surface area contributed by atoms with Crippen molar-refractivity contribution in [3.63, 3.8) is 0 Å². The second kappa shape index (κ2) is 4.56. The highest BCUT2D eigenvalue weighted by Crippen LogP contribution is 2.29. The lowest BCUT2D eigenvalue weighted by Gasteiger charge is -2.29. The van der Waals surface area contributed by atoms with E-state index in [0.717, 1.165) is 6.42 Å². The van der Waals surface area contributed by atoms with Crippen molar-refractivity contribution in [3.05, 3.63) is 35.4 Å². The fraction of sp³-hybridized carbons (Fsp3) is 0.571. The van der Waals surface area contributed by atoms with E-state index in [1.165, 1.54) is 24.0 Å². The van der Waals surface area contributed by atoms with E-state index >= 15 is 0 Å². The topological polar surface area (TPSA) is 21.3 Å². The van der Waals surface area contributed by atoms with Crippen molar-refractivity contribution < 1.29 is 4.84 Å². The van der Waals surface area contributed by atoms with Gasteiger partial charge in [-0.1, -0.05) is 24.3 Å². The maximum atomic E-state index is 5.68. The lowest BCUT2D eigenvalue weighted by Crippen LogP contribution is -2.33. The SMILES string of the molecule is CC(C)(C)ONC1CCCc2ccccc21. The van der Waals surface area contributed by atoms with Crippen molar-refractivity contribution in [1.82, 2.24) is 5.48 Å². The molecule has 0 aromatic heterocycles. The molecule has 0 fully saturated rings. The summed E-state index contributed by atoms with van der Waals surface area (Å²) in [4.78, 5) is 5.68. The van der Waals surface area contributed by atoms with E-state index in [-0.39, 0.29) is 5.60 Å². The number of aryl methyl sites for hydroxylation is 1. The van der Waals surface area contributed by atoms with Gasteiger partial charge in [-0.25, -0.2) is 0 Å². The summed E-state index contributed by atoms with van der Waals surface area (Å²) in [5.74, 6) is 0. The Morgan fingerprint density at radius 1 is 1.25 bits per heavy atom. The first-order chi connectivity index (χ1) is 7.56. The number of hydrogen-bond donors (Lipinski definition) is 1. The zero-order valence-corrected chi connectivity index (χ0v) is 10.4. The maximum absolute atomic E-state index is 5.68. The van der Waals surface area contributed by atoms with E-state index in [4.69, 9.17) is 4.84 Å². The van der Waals surface area contributed by atoms with Gasteiger partial charge in [0.2, 0.25) is 0 Å². The largest absolute Gasteiger partial charge is 0.296 e. The summed E-state index contributed by atoms with van der Waals surface area (Å²) in [6, 6.07) is 9.00. The smallest absolute Gasteiger partial charge is 0.0813 e. The Balaban J connectivity index is 2.07. The summed E-state index contributed by atoms with van der Waals surface area (Å²) >= 11 is 0. The first-order valence-electron chi connectivity index (χ1n) is 6.07. The van der Waals surface area contributed by atoms with Gasteiger partial charge in [-0.15, -0.1) is 0 Å². The van der Waals surface area contributed by atoms with Crippen LogP contribution in [0.2, 0.25) is 0 Å². The molecule has 2 heteroatoms. The summed E-state index contributed by atoms with van der Waals surface area (Å²) in [6.07, 6.45) is 3.60. The fourth-order valence-corrected chi connectivity index (χ4v) is 2.12. The molecule has 1 aromatic rings. The minimum absolute atomic E-state index is 0.133. The first-order valence-corrected chi connectivity index (χ1v) is 6.07. The molecule has 16 heavy (non-hydrogen) atoms. The van der Waals surface area contributed by atoms with Crippen molar-refractivity contribution in [2.45, 2.75) is 51.7 Å². The Morgan fingerprint density at radius 3 is 2.75 bits per heavy atom. The van der Waals surface area contributed by atoms with Crippen LogP contribution in [0.25, 0.3) is 0 Å². The number of hydroxylamine groups is 1. The molecule has 0 amide bonds. The summed E-state index contributed by atoms with van der Waals surface area (Å²) in [5, 5.41) is 0. The molecular formula is C14H21NO. The molecule has 88 valence electrons. The third-order valence-corrected chi connectivity index (χ3v) is 2.88. The van der Waals surface area contributed by atoms with Crippen LogP contribution in [0.15, 0.2) is 24.3 Å². The number of benzene rings is 1. The van der Waals surface area contributed by atoms with Crippen LogP contribution in [0, 0.1) is 0 Å². The van der Waals surface area contributed by atoms with Gasteiger partial charge in [-0.2, -0.15) is 5.48 Å². The van der Waals surface area contributed by atoms with Crippen molar-refractivity contribution in [2.24, 2.45) is 0 Å². The maximum Gasteiger partial charge on any atom is 0.0813 e. The molecule has 1 atom stereocenters. The number of nitrogens with one attached hydrogen (secondary N) is 1. The Bertz CT molecular complexity index is 354. The van der Waals surface area contributed by atoms with Gasteiger partial charge in [0, 0.05) is 0 Å². The average molecular weight is 219 g/mol. The predicted octanol–water partition coefficient (Wildman–Crippen LogP) is 3.38. The molecule has 0 bridgehead atoms. The molecule has 0 saturated heterocycles. The molecule has 1 N–H and O–H groups in total. The zero-order chi connectivity index (χ0) is 11.6. The number of hydrogen-bond acceptors (Lipinski definition) is 2. The van der Waals surface area contributed by atoms with E-state index in [0.29, 0.717) is 6.04 Å². The Morgan fingerprint density at radius 2 is 2.00 bits per heavy atom. The van der Waals surface area contributed by atoms with Crippen molar-refractivity contribution in [2.75, 3.05) is 0 Å². The van der Waals surface area contributed by atoms with E-state index < -0.39 is 0 Å². The molecule has 0 aliphatic heterocycles. The van der Waals surface area contributed by atoms with Crippen LogP contribution in [-0.4, -0.2) is 5.60 Å². The van der Waals surface area contributed by atoms with Crippen LogP contribution in [0.4, 0.5) is 0 Å². The minimum Gasteiger partial charge on any atom is -0.296 e. The van der Waals surface area contributed by atoms with E-state index in [2.05, 4.69) is 50.5 Å². The molecule has 0 spiro atoms. The molecule has 1 aliphatic carbocycles. The second-order valence-electron chi connectivity index (χ2n) is 5.48. The highest BCUT2D eigenvalue weighted by atomic mass is 16.7.